The van der Waals surface area contributed by atoms with Gasteiger partial charge in [-0.15, -0.1) is 0 Å². The highest BCUT2D eigenvalue weighted by atomic mass is 16.4. The standard InChI is InChI=1S/C9H6N2O4/c12-7-3-5(1-2-10-7)8-11-6(4-15-8)9(13)14/h1-4H,(H,10,12)(H,13,14). The fourth-order valence-electron chi connectivity index (χ4n) is 1.06. The molecule has 0 unspecified atom stereocenters. The van der Waals surface area contributed by atoms with Crippen molar-refractivity contribution in [3.05, 3.63) is 30.3 Å². The molecule has 0 amide bonds. The minimum atomic E-state index is -1.16. The van der Waals surface area contributed by atoms with Gasteiger partial charge in [0.15, 0.2) is 5.69 Å². The van der Waals surface area contributed by atoms with E-state index in [2.05, 4.69) is 9.97 Å². The summed E-state index contributed by atoms with van der Waals surface area (Å²) in [5.74, 6) is -1.21. The third kappa shape index (κ3) is 1.78. The highest BCUT2D eigenvalue weighted by molar-refractivity contribution is 5.85. The van der Waals surface area contributed by atoms with Gasteiger partial charge in [0, 0.05) is 17.8 Å². The van der Waals surface area contributed by atoms with Gasteiger partial charge in [0.1, 0.15) is 6.26 Å². The number of nitrogens with zero attached hydrogens (tertiary/aromatic N) is 2. The van der Waals surface area contributed by atoms with Gasteiger partial charge in [-0.2, -0.15) is 0 Å². The van der Waals surface area contributed by atoms with Crippen LogP contribution in [-0.4, -0.2) is 26.2 Å². The fraction of sp³-hybridized carbons (Fsp3) is 0. The summed E-state index contributed by atoms with van der Waals surface area (Å²) in [5, 5.41) is 17.7. The molecular formula is C9H6N2O4. The number of aromatic carboxylic acids is 1. The number of oxazole rings is 1. The Bertz CT molecular complexity index is 506. The van der Waals surface area contributed by atoms with Crippen LogP contribution in [0.2, 0.25) is 0 Å². The normalized spacial score (nSPS) is 10.1. The first-order chi connectivity index (χ1) is 7.16. The van der Waals surface area contributed by atoms with E-state index in [1.165, 1.54) is 12.3 Å². The molecule has 2 aromatic rings. The molecule has 0 saturated heterocycles. The molecule has 0 aliphatic carbocycles. The van der Waals surface area contributed by atoms with Crippen molar-refractivity contribution in [1.82, 2.24) is 9.97 Å². The van der Waals surface area contributed by atoms with Crippen molar-refractivity contribution in [1.29, 1.82) is 0 Å². The minimum Gasteiger partial charge on any atom is -0.493 e. The number of pyridine rings is 1. The average Bonchev–Trinajstić information content (AvgIpc) is 2.66. The van der Waals surface area contributed by atoms with Gasteiger partial charge in [-0.3, -0.25) is 0 Å². The number of aromatic hydroxyl groups is 1. The molecule has 15 heavy (non-hydrogen) atoms. The van der Waals surface area contributed by atoms with Crippen LogP contribution in [0.25, 0.3) is 11.5 Å². The van der Waals surface area contributed by atoms with Crippen LogP contribution in [0.4, 0.5) is 0 Å². The second-order valence-corrected chi connectivity index (χ2v) is 2.75. The molecule has 2 rings (SSSR count). The van der Waals surface area contributed by atoms with Crippen LogP contribution in [0.15, 0.2) is 29.0 Å². The Hall–Kier alpha value is -2.37. The number of hydrogen-bond donors (Lipinski definition) is 2. The molecule has 0 fully saturated rings. The van der Waals surface area contributed by atoms with E-state index in [1.54, 1.807) is 6.07 Å². The summed E-state index contributed by atoms with van der Waals surface area (Å²) in [7, 11) is 0. The Kier molecular flexibility index (Phi) is 2.09. The number of carbonyl (C=O) groups is 1. The predicted molar refractivity (Wildman–Crippen MR) is 48.4 cm³/mol. The first-order valence-electron chi connectivity index (χ1n) is 4.01. The van der Waals surface area contributed by atoms with E-state index >= 15 is 0 Å². The van der Waals surface area contributed by atoms with Crippen molar-refractivity contribution >= 4 is 5.97 Å². The Morgan fingerprint density at radius 1 is 1.47 bits per heavy atom. The number of carboxylic acid groups (broad SMARTS) is 1. The molecule has 0 saturated carbocycles. The molecule has 0 bridgehead atoms. The first-order valence-corrected chi connectivity index (χ1v) is 4.01. The van der Waals surface area contributed by atoms with Gasteiger partial charge in [0.25, 0.3) is 0 Å². The van der Waals surface area contributed by atoms with Crippen LogP contribution >= 0.6 is 0 Å². The molecule has 0 atom stereocenters. The highest BCUT2D eigenvalue weighted by Crippen LogP contribution is 2.20. The maximum absolute atomic E-state index is 10.5. The molecule has 0 aliphatic rings. The molecule has 0 aliphatic heterocycles. The Morgan fingerprint density at radius 2 is 2.27 bits per heavy atom. The first kappa shape index (κ1) is 9.20. The summed E-state index contributed by atoms with van der Waals surface area (Å²) in [6, 6.07) is 2.88. The molecule has 0 aromatic carbocycles. The van der Waals surface area contributed by atoms with E-state index in [-0.39, 0.29) is 17.5 Å². The van der Waals surface area contributed by atoms with Crippen LogP contribution in [0.5, 0.6) is 5.88 Å². The van der Waals surface area contributed by atoms with Crippen molar-refractivity contribution in [2.45, 2.75) is 0 Å². The van der Waals surface area contributed by atoms with E-state index in [1.807, 2.05) is 0 Å². The van der Waals surface area contributed by atoms with Crippen LogP contribution < -0.4 is 0 Å². The molecule has 2 heterocycles. The molecule has 6 heteroatoms. The van der Waals surface area contributed by atoms with Gasteiger partial charge in [0.2, 0.25) is 11.8 Å². The topological polar surface area (TPSA) is 96.5 Å². The maximum Gasteiger partial charge on any atom is 0.357 e. The quantitative estimate of drug-likeness (QED) is 0.764. The number of carboxylic acids is 1. The molecule has 0 spiro atoms. The summed E-state index contributed by atoms with van der Waals surface area (Å²) < 4.78 is 4.94. The fourth-order valence-corrected chi connectivity index (χ4v) is 1.06. The van der Waals surface area contributed by atoms with Gasteiger partial charge < -0.3 is 14.6 Å². The van der Waals surface area contributed by atoms with Gasteiger partial charge in [-0.05, 0) is 6.07 Å². The lowest BCUT2D eigenvalue weighted by Crippen LogP contribution is -1.95. The van der Waals surface area contributed by atoms with E-state index in [0.717, 1.165) is 6.26 Å². The predicted octanol–water partition coefficient (Wildman–Crippen LogP) is 1.14. The van der Waals surface area contributed by atoms with Gasteiger partial charge in [0.05, 0.1) is 0 Å². The maximum atomic E-state index is 10.5. The highest BCUT2D eigenvalue weighted by Gasteiger charge is 2.12. The summed E-state index contributed by atoms with van der Waals surface area (Å²) in [6.45, 7) is 0. The Balaban J connectivity index is 2.41. The molecule has 76 valence electrons. The third-order valence-electron chi connectivity index (χ3n) is 1.72. The molecule has 2 N–H and O–H groups in total. The second-order valence-electron chi connectivity index (χ2n) is 2.75. The lowest BCUT2D eigenvalue weighted by molar-refractivity contribution is 0.0690. The lowest BCUT2D eigenvalue weighted by Gasteiger charge is -1.94. The summed E-state index contributed by atoms with van der Waals surface area (Å²) in [6.07, 6.45) is 2.41. The average molecular weight is 206 g/mol. The van der Waals surface area contributed by atoms with Crippen molar-refractivity contribution < 1.29 is 19.4 Å². The summed E-state index contributed by atoms with van der Waals surface area (Å²) >= 11 is 0. The second kappa shape index (κ2) is 3.41. The summed E-state index contributed by atoms with van der Waals surface area (Å²) in [4.78, 5) is 17.8. The Labute approximate surface area is 83.8 Å². The largest absolute Gasteiger partial charge is 0.493 e. The minimum absolute atomic E-state index is 0.130. The van der Waals surface area contributed by atoms with Gasteiger partial charge in [-0.1, -0.05) is 0 Å². The summed E-state index contributed by atoms with van der Waals surface area (Å²) in [5.41, 5.74) is 0.288. The van der Waals surface area contributed by atoms with E-state index in [0.29, 0.717) is 5.56 Å². The third-order valence-corrected chi connectivity index (χ3v) is 1.72. The SMILES string of the molecule is O=C(O)c1coc(-c2ccnc(O)c2)n1. The van der Waals surface area contributed by atoms with Crippen molar-refractivity contribution in [2.75, 3.05) is 0 Å². The van der Waals surface area contributed by atoms with Crippen molar-refractivity contribution in [3.63, 3.8) is 0 Å². The Morgan fingerprint density at radius 3 is 2.87 bits per heavy atom. The smallest absolute Gasteiger partial charge is 0.357 e. The zero-order chi connectivity index (χ0) is 10.8. The van der Waals surface area contributed by atoms with Crippen LogP contribution in [0.3, 0.4) is 0 Å². The van der Waals surface area contributed by atoms with E-state index < -0.39 is 5.97 Å². The van der Waals surface area contributed by atoms with Gasteiger partial charge >= 0.3 is 5.97 Å². The molecule has 2 aromatic heterocycles. The van der Waals surface area contributed by atoms with Crippen LogP contribution in [0.1, 0.15) is 10.5 Å². The zero-order valence-corrected chi connectivity index (χ0v) is 7.41. The van der Waals surface area contributed by atoms with Crippen molar-refractivity contribution in [3.8, 4) is 17.3 Å². The lowest BCUT2D eigenvalue weighted by atomic mass is 10.3. The van der Waals surface area contributed by atoms with Crippen LogP contribution in [0, 0.1) is 0 Å². The molecule has 0 radical (unpaired) electrons. The number of aromatic nitrogens is 2. The van der Waals surface area contributed by atoms with E-state index in [4.69, 9.17) is 14.6 Å². The number of hydrogen-bond acceptors (Lipinski definition) is 5. The van der Waals surface area contributed by atoms with Crippen LogP contribution in [-0.2, 0) is 0 Å². The molecular weight excluding hydrogens is 200 g/mol. The van der Waals surface area contributed by atoms with Crippen molar-refractivity contribution in [2.24, 2.45) is 0 Å². The molecule has 6 nitrogen and oxygen atoms in total. The number of rotatable bonds is 2. The van der Waals surface area contributed by atoms with Gasteiger partial charge in [-0.25, -0.2) is 14.8 Å². The van der Waals surface area contributed by atoms with E-state index in [9.17, 15) is 4.79 Å². The monoisotopic (exact) mass is 206 g/mol. The zero-order valence-electron chi connectivity index (χ0n) is 7.41.